The Morgan fingerprint density at radius 2 is 2.35 bits per heavy atom. The summed E-state index contributed by atoms with van der Waals surface area (Å²) < 4.78 is 7.43. The molecule has 0 bridgehead atoms. The molecule has 1 aromatic heterocycles. The molecule has 94 valence electrons. The van der Waals surface area contributed by atoms with Gasteiger partial charge in [-0.15, -0.1) is 5.10 Å². The Morgan fingerprint density at radius 3 is 3.12 bits per heavy atom. The highest BCUT2D eigenvalue weighted by Gasteiger charge is 2.21. The Kier molecular flexibility index (Phi) is 3.38. The van der Waals surface area contributed by atoms with E-state index in [0.29, 0.717) is 6.04 Å². The molecular weight excluding hydrogens is 216 g/mol. The van der Waals surface area contributed by atoms with Gasteiger partial charge in [-0.1, -0.05) is 5.21 Å². The number of aromatic nitrogens is 3. The second kappa shape index (κ2) is 5.14. The number of hydrogen-bond donors (Lipinski definition) is 1. The third kappa shape index (κ3) is 3.04. The SMILES string of the molecule is c1c(CNCC2CC2)nnn1C1CCCOC1. The van der Waals surface area contributed by atoms with E-state index in [0.717, 1.165) is 50.8 Å². The van der Waals surface area contributed by atoms with Gasteiger partial charge in [0.25, 0.3) is 0 Å². The molecule has 0 radical (unpaired) electrons. The smallest absolute Gasteiger partial charge is 0.0964 e. The first kappa shape index (κ1) is 11.2. The van der Waals surface area contributed by atoms with Crippen molar-refractivity contribution in [1.29, 1.82) is 0 Å². The average molecular weight is 236 g/mol. The van der Waals surface area contributed by atoms with Crippen molar-refractivity contribution >= 4 is 0 Å². The standard InChI is InChI=1S/C12H20N4O/c1-2-12(9-17-5-1)16-8-11(14-15-16)7-13-6-10-3-4-10/h8,10,12-13H,1-7,9H2. The van der Waals surface area contributed by atoms with Gasteiger partial charge in [-0.3, -0.25) is 0 Å². The summed E-state index contributed by atoms with van der Waals surface area (Å²) in [7, 11) is 0. The van der Waals surface area contributed by atoms with E-state index in [2.05, 4.69) is 21.8 Å². The molecule has 2 fully saturated rings. The Labute approximate surface area is 102 Å². The molecule has 0 amide bonds. The molecule has 1 aliphatic carbocycles. The highest BCUT2D eigenvalue weighted by atomic mass is 16.5. The monoisotopic (exact) mass is 236 g/mol. The van der Waals surface area contributed by atoms with Gasteiger partial charge < -0.3 is 10.1 Å². The first-order valence-corrected chi connectivity index (χ1v) is 6.61. The molecule has 2 aliphatic rings. The predicted molar refractivity (Wildman–Crippen MR) is 63.5 cm³/mol. The summed E-state index contributed by atoms with van der Waals surface area (Å²) in [6.45, 7) is 3.63. The van der Waals surface area contributed by atoms with Crippen LogP contribution in [-0.4, -0.2) is 34.8 Å². The van der Waals surface area contributed by atoms with Crippen LogP contribution >= 0.6 is 0 Å². The molecule has 1 unspecified atom stereocenters. The summed E-state index contributed by atoms with van der Waals surface area (Å²) in [6.07, 6.45) is 7.11. The van der Waals surface area contributed by atoms with Gasteiger partial charge in [0, 0.05) is 13.2 Å². The van der Waals surface area contributed by atoms with Gasteiger partial charge in [0.15, 0.2) is 0 Å². The van der Waals surface area contributed by atoms with Crippen LogP contribution in [-0.2, 0) is 11.3 Å². The van der Waals surface area contributed by atoms with Crippen LogP contribution in [0, 0.1) is 5.92 Å². The van der Waals surface area contributed by atoms with E-state index in [1.807, 2.05) is 4.68 Å². The minimum absolute atomic E-state index is 0.383. The molecule has 1 saturated heterocycles. The highest BCUT2D eigenvalue weighted by molar-refractivity contribution is 4.93. The average Bonchev–Trinajstić information content (AvgIpc) is 3.07. The van der Waals surface area contributed by atoms with Crippen molar-refractivity contribution in [3.8, 4) is 0 Å². The lowest BCUT2D eigenvalue weighted by Gasteiger charge is -2.21. The Morgan fingerprint density at radius 1 is 1.41 bits per heavy atom. The zero-order valence-electron chi connectivity index (χ0n) is 10.1. The maximum atomic E-state index is 5.46. The Hall–Kier alpha value is -0.940. The van der Waals surface area contributed by atoms with Crippen molar-refractivity contribution in [3.63, 3.8) is 0 Å². The predicted octanol–water partition coefficient (Wildman–Crippen LogP) is 1.13. The lowest BCUT2D eigenvalue weighted by atomic mass is 10.1. The molecule has 1 N–H and O–H groups in total. The van der Waals surface area contributed by atoms with Gasteiger partial charge >= 0.3 is 0 Å². The fourth-order valence-corrected chi connectivity index (χ4v) is 2.23. The van der Waals surface area contributed by atoms with Crippen molar-refractivity contribution in [3.05, 3.63) is 11.9 Å². The molecule has 5 nitrogen and oxygen atoms in total. The number of nitrogens with zero attached hydrogens (tertiary/aromatic N) is 3. The zero-order chi connectivity index (χ0) is 11.5. The topological polar surface area (TPSA) is 52.0 Å². The van der Waals surface area contributed by atoms with Gasteiger partial charge in [0.05, 0.1) is 24.5 Å². The minimum Gasteiger partial charge on any atom is -0.379 e. The van der Waals surface area contributed by atoms with E-state index >= 15 is 0 Å². The fraction of sp³-hybridized carbons (Fsp3) is 0.833. The van der Waals surface area contributed by atoms with E-state index in [9.17, 15) is 0 Å². The molecule has 0 aromatic carbocycles. The van der Waals surface area contributed by atoms with Gasteiger partial charge in [-0.2, -0.15) is 0 Å². The van der Waals surface area contributed by atoms with Crippen molar-refractivity contribution < 1.29 is 4.74 Å². The lowest BCUT2D eigenvalue weighted by Crippen LogP contribution is -2.21. The second-order valence-electron chi connectivity index (χ2n) is 5.14. The highest BCUT2D eigenvalue weighted by Crippen LogP contribution is 2.27. The van der Waals surface area contributed by atoms with E-state index in [4.69, 9.17) is 4.74 Å². The Bertz CT molecular complexity index is 355. The van der Waals surface area contributed by atoms with Crippen molar-refractivity contribution in [2.24, 2.45) is 5.92 Å². The first-order valence-electron chi connectivity index (χ1n) is 6.61. The third-order valence-corrected chi connectivity index (χ3v) is 3.50. The summed E-state index contributed by atoms with van der Waals surface area (Å²) in [5, 5.41) is 11.8. The molecule has 5 heteroatoms. The lowest BCUT2D eigenvalue weighted by molar-refractivity contribution is 0.0543. The first-order chi connectivity index (χ1) is 8.42. The largest absolute Gasteiger partial charge is 0.379 e. The number of rotatable bonds is 5. The summed E-state index contributed by atoms with van der Waals surface area (Å²) in [6, 6.07) is 0.383. The third-order valence-electron chi connectivity index (χ3n) is 3.50. The molecule has 2 heterocycles. The van der Waals surface area contributed by atoms with Crippen molar-refractivity contribution in [2.75, 3.05) is 19.8 Å². The van der Waals surface area contributed by atoms with Crippen LogP contribution < -0.4 is 5.32 Å². The number of nitrogens with one attached hydrogen (secondary N) is 1. The van der Waals surface area contributed by atoms with Gasteiger partial charge in [-0.05, 0) is 38.1 Å². The van der Waals surface area contributed by atoms with Gasteiger partial charge in [0.1, 0.15) is 0 Å². The fourth-order valence-electron chi connectivity index (χ4n) is 2.23. The van der Waals surface area contributed by atoms with Crippen LogP contribution in [0.15, 0.2) is 6.20 Å². The normalized spacial score (nSPS) is 25.1. The molecule has 17 heavy (non-hydrogen) atoms. The molecule has 1 aliphatic heterocycles. The molecule has 1 saturated carbocycles. The molecule has 0 spiro atoms. The summed E-state index contributed by atoms with van der Waals surface area (Å²) >= 11 is 0. The van der Waals surface area contributed by atoms with Crippen LogP contribution in [0.2, 0.25) is 0 Å². The summed E-state index contributed by atoms with van der Waals surface area (Å²) in [4.78, 5) is 0. The summed E-state index contributed by atoms with van der Waals surface area (Å²) in [5.74, 6) is 0.914. The van der Waals surface area contributed by atoms with Crippen molar-refractivity contribution in [2.45, 2.75) is 38.3 Å². The number of ether oxygens (including phenoxy) is 1. The van der Waals surface area contributed by atoms with Crippen LogP contribution in [0.4, 0.5) is 0 Å². The molecule has 3 rings (SSSR count). The Balaban J connectivity index is 1.49. The molecule has 1 aromatic rings. The van der Waals surface area contributed by atoms with Gasteiger partial charge in [0.2, 0.25) is 0 Å². The zero-order valence-corrected chi connectivity index (χ0v) is 10.1. The van der Waals surface area contributed by atoms with Crippen LogP contribution in [0.5, 0.6) is 0 Å². The van der Waals surface area contributed by atoms with Crippen LogP contribution in [0.1, 0.15) is 37.4 Å². The van der Waals surface area contributed by atoms with E-state index < -0.39 is 0 Å². The van der Waals surface area contributed by atoms with Crippen LogP contribution in [0.25, 0.3) is 0 Å². The maximum absolute atomic E-state index is 5.46. The van der Waals surface area contributed by atoms with E-state index in [1.165, 1.54) is 12.8 Å². The van der Waals surface area contributed by atoms with Gasteiger partial charge in [-0.25, -0.2) is 4.68 Å². The maximum Gasteiger partial charge on any atom is 0.0964 e. The van der Waals surface area contributed by atoms with Crippen LogP contribution in [0.3, 0.4) is 0 Å². The number of hydrogen-bond acceptors (Lipinski definition) is 4. The van der Waals surface area contributed by atoms with E-state index in [-0.39, 0.29) is 0 Å². The quantitative estimate of drug-likeness (QED) is 0.832. The minimum atomic E-state index is 0.383. The summed E-state index contributed by atoms with van der Waals surface area (Å²) in [5.41, 5.74) is 1.04. The molecule has 1 atom stereocenters. The molecular formula is C12H20N4O. The van der Waals surface area contributed by atoms with E-state index in [1.54, 1.807) is 0 Å². The van der Waals surface area contributed by atoms with Crippen molar-refractivity contribution in [1.82, 2.24) is 20.3 Å². The second-order valence-corrected chi connectivity index (χ2v) is 5.14.